The number of aromatic nitrogens is 1. The third kappa shape index (κ3) is 3.96. The monoisotopic (exact) mass is 339 g/mol. The fourth-order valence-electron chi connectivity index (χ4n) is 3.58. The Hall–Kier alpha value is -2.07. The Balaban J connectivity index is 1.73. The molecule has 4 heteroatoms. The van der Waals surface area contributed by atoms with E-state index in [9.17, 15) is 4.79 Å². The first-order valence-electron chi connectivity index (χ1n) is 9.24. The van der Waals surface area contributed by atoms with Crippen LogP contribution in [0.25, 0.3) is 0 Å². The first-order valence-corrected chi connectivity index (χ1v) is 9.24. The fraction of sp³-hybridized carbons (Fsp3) is 0.476. The number of amides is 1. The molecule has 4 nitrogen and oxygen atoms in total. The van der Waals surface area contributed by atoms with Gasteiger partial charge in [0.2, 0.25) is 0 Å². The Bertz CT molecular complexity index is 762. The number of benzene rings is 1. The van der Waals surface area contributed by atoms with E-state index >= 15 is 0 Å². The largest absolute Gasteiger partial charge is 0.348 e. The van der Waals surface area contributed by atoms with E-state index in [1.807, 2.05) is 14.0 Å². The average Bonchev–Trinajstić information content (AvgIpc) is 2.91. The van der Waals surface area contributed by atoms with E-state index in [-0.39, 0.29) is 11.9 Å². The second-order valence-corrected chi connectivity index (χ2v) is 7.29. The molecule has 1 N–H and O–H groups in total. The molecule has 0 saturated carbocycles. The summed E-state index contributed by atoms with van der Waals surface area (Å²) in [6, 6.07) is 11.0. The van der Waals surface area contributed by atoms with Gasteiger partial charge in [0.05, 0.1) is 0 Å². The molecule has 0 spiro atoms. The van der Waals surface area contributed by atoms with Crippen molar-refractivity contribution in [3.63, 3.8) is 0 Å². The topological polar surface area (TPSA) is 37.3 Å². The number of aryl methyl sites for hydroxylation is 1. The van der Waals surface area contributed by atoms with Gasteiger partial charge in [-0.1, -0.05) is 36.8 Å². The van der Waals surface area contributed by atoms with Gasteiger partial charge in [-0.2, -0.15) is 0 Å². The molecule has 2 heterocycles. The molecular formula is C21H29N3O. The lowest BCUT2D eigenvalue weighted by Gasteiger charge is -2.27. The van der Waals surface area contributed by atoms with Crippen LogP contribution >= 0.6 is 0 Å². The number of carbonyl (C=O) groups excluding carboxylic acids is 1. The molecule has 1 aromatic carbocycles. The summed E-state index contributed by atoms with van der Waals surface area (Å²) in [6.07, 6.45) is 1.94. The summed E-state index contributed by atoms with van der Waals surface area (Å²) in [5, 5.41) is 3.08. The van der Waals surface area contributed by atoms with Gasteiger partial charge in [-0.3, -0.25) is 9.69 Å². The maximum absolute atomic E-state index is 12.5. The number of hydrogen-bond donors (Lipinski definition) is 1. The van der Waals surface area contributed by atoms with Crippen LogP contribution in [0.1, 0.15) is 53.1 Å². The van der Waals surface area contributed by atoms with Crippen LogP contribution in [0.3, 0.4) is 0 Å². The first kappa shape index (κ1) is 17.7. The molecule has 1 aliphatic rings. The van der Waals surface area contributed by atoms with Gasteiger partial charge in [0.1, 0.15) is 5.69 Å². The molecule has 1 amide bonds. The fourth-order valence-corrected chi connectivity index (χ4v) is 3.58. The highest BCUT2D eigenvalue weighted by Gasteiger charge is 2.24. The van der Waals surface area contributed by atoms with E-state index in [1.54, 1.807) is 0 Å². The summed E-state index contributed by atoms with van der Waals surface area (Å²) < 4.78 is 2.08. The smallest absolute Gasteiger partial charge is 0.268 e. The summed E-state index contributed by atoms with van der Waals surface area (Å²) in [4.78, 5) is 15.0. The molecule has 3 rings (SSSR count). The Kier molecular flexibility index (Phi) is 5.28. The van der Waals surface area contributed by atoms with Crippen molar-refractivity contribution in [1.29, 1.82) is 0 Å². The molecular weight excluding hydrogens is 310 g/mol. The molecule has 0 saturated heterocycles. The summed E-state index contributed by atoms with van der Waals surface area (Å²) >= 11 is 0. The second kappa shape index (κ2) is 7.44. The lowest BCUT2D eigenvalue weighted by Crippen LogP contribution is -2.33. The van der Waals surface area contributed by atoms with Crippen molar-refractivity contribution in [2.45, 2.75) is 52.7 Å². The van der Waals surface area contributed by atoms with Crippen molar-refractivity contribution < 1.29 is 4.79 Å². The normalized spacial score (nSPS) is 15.7. The van der Waals surface area contributed by atoms with Crippen LogP contribution in [-0.2, 0) is 26.6 Å². The van der Waals surface area contributed by atoms with Crippen molar-refractivity contribution >= 4 is 5.91 Å². The van der Waals surface area contributed by atoms with Gasteiger partial charge in [-0.25, -0.2) is 0 Å². The highest BCUT2D eigenvalue weighted by molar-refractivity contribution is 5.93. The van der Waals surface area contributed by atoms with Gasteiger partial charge in [0, 0.05) is 44.8 Å². The molecule has 0 fully saturated rings. The minimum Gasteiger partial charge on any atom is -0.348 e. The molecule has 25 heavy (non-hydrogen) atoms. The highest BCUT2D eigenvalue weighted by atomic mass is 16.2. The Labute approximate surface area is 150 Å². The lowest BCUT2D eigenvalue weighted by atomic mass is 10.1. The molecule has 0 aliphatic carbocycles. The Morgan fingerprint density at radius 2 is 2.12 bits per heavy atom. The minimum atomic E-state index is 0.0384. The molecule has 1 atom stereocenters. The molecule has 0 bridgehead atoms. The summed E-state index contributed by atoms with van der Waals surface area (Å²) in [7, 11) is 2.01. The zero-order chi connectivity index (χ0) is 18.0. The molecule has 1 unspecified atom stereocenters. The number of fused-ring (bicyclic) bond motifs is 1. The number of rotatable bonds is 5. The first-order chi connectivity index (χ1) is 12.0. The van der Waals surface area contributed by atoms with E-state index in [1.165, 1.54) is 22.4 Å². The van der Waals surface area contributed by atoms with Crippen LogP contribution in [-0.4, -0.2) is 28.0 Å². The van der Waals surface area contributed by atoms with Crippen molar-refractivity contribution in [2.75, 3.05) is 6.54 Å². The van der Waals surface area contributed by atoms with Crippen molar-refractivity contribution in [1.82, 2.24) is 14.8 Å². The average molecular weight is 339 g/mol. The summed E-state index contributed by atoms with van der Waals surface area (Å²) in [5.74, 6) is 0.0384. The maximum atomic E-state index is 12.5. The van der Waals surface area contributed by atoms with Gasteiger partial charge in [0.15, 0.2) is 0 Å². The minimum absolute atomic E-state index is 0.0384. The van der Waals surface area contributed by atoms with Crippen molar-refractivity contribution in [3.05, 3.63) is 58.4 Å². The van der Waals surface area contributed by atoms with Crippen LogP contribution in [0, 0.1) is 6.92 Å². The molecule has 134 valence electrons. The van der Waals surface area contributed by atoms with E-state index in [4.69, 9.17) is 0 Å². The lowest BCUT2D eigenvalue weighted by molar-refractivity contribution is 0.0930. The standard InChI is InChI=1S/C21H29N3O/c1-5-16(3)22-21(25)20-12-18-14-24(10-9-19(18)23(20)4)13-17-8-6-7-15(2)11-17/h6-8,11-12,16H,5,9-10,13-14H2,1-4H3,(H,22,25). The third-order valence-electron chi connectivity index (χ3n) is 5.22. The van der Waals surface area contributed by atoms with E-state index in [0.29, 0.717) is 0 Å². The van der Waals surface area contributed by atoms with E-state index < -0.39 is 0 Å². The predicted octanol–water partition coefficient (Wildman–Crippen LogP) is 3.42. The Morgan fingerprint density at radius 3 is 2.84 bits per heavy atom. The van der Waals surface area contributed by atoms with Crippen molar-refractivity contribution in [3.8, 4) is 0 Å². The summed E-state index contributed by atoms with van der Waals surface area (Å²) in [6.45, 7) is 9.18. The van der Waals surface area contributed by atoms with Crippen LogP contribution in [0.2, 0.25) is 0 Å². The summed E-state index contributed by atoms with van der Waals surface area (Å²) in [5.41, 5.74) is 6.03. The molecule has 2 aromatic rings. The Morgan fingerprint density at radius 1 is 1.32 bits per heavy atom. The van der Waals surface area contributed by atoms with E-state index in [0.717, 1.165) is 38.2 Å². The van der Waals surface area contributed by atoms with Gasteiger partial charge < -0.3 is 9.88 Å². The number of nitrogens with zero attached hydrogens (tertiary/aromatic N) is 2. The van der Waals surface area contributed by atoms with Crippen LogP contribution in [0.15, 0.2) is 30.3 Å². The van der Waals surface area contributed by atoms with Crippen LogP contribution in [0.5, 0.6) is 0 Å². The predicted molar refractivity (Wildman–Crippen MR) is 102 cm³/mol. The van der Waals surface area contributed by atoms with Gasteiger partial charge in [-0.05, 0) is 37.5 Å². The molecule has 1 aromatic heterocycles. The number of carbonyl (C=O) groups is 1. The van der Waals surface area contributed by atoms with Crippen LogP contribution < -0.4 is 5.32 Å². The van der Waals surface area contributed by atoms with Crippen molar-refractivity contribution in [2.24, 2.45) is 7.05 Å². The third-order valence-corrected chi connectivity index (χ3v) is 5.22. The maximum Gasteiger partial charge on any atom is 0.268 e. The second-order valence-electron chi connectivity index (χ2n) is 7.29. The van der Waals surface area contributed by atoms with Gasteiger partial charge >= 0.3 is 0 Å². The zero-order valence-electron chi connectivity index (χ0n) is 15.8. The molecule has 1 aliphatic heterocycles. The zero-order valence-corrected chi connectivity index (χ0v) is 15.8. The van der Waals surface area contributed by atoms with E-state index in [2.05, 4.69) is 59.0 Å². The van der Waals surface area contributed by atoms with Gasteiger partial charge in [0.25, 0.3) is 5.91 Å². The number of hydrogen-bond acceptors (Lipinski definition) is 2. The quantitative estimate of drug-likeness (QED) is 0.906. The molecule has 0 radical (unpaired) electrons. The highest BCUT2D eigenvalue weighted by Crippen LogP contribution is 2.24. The number of nitrogens with one attached hydrogen (secondary N) is 1. The SMILES string of the molecule is CCC(C)NC(=O)c1cc2c(n1C)CCN(Cc1cccc(C)c1)C2. The van der Waals surface area contributed by atoms with Gasteiger partial charge in [-0.15, -0.1) is 0 Å². The van der Waals surface area contributed by atoms with Crippen LogP contribution in [0.4, 0.5) is 0 Å².